The van der Waals surface area contributed by atoms with E-state index >= 15 is 0 Å². The van der Waals surface area contributed by atoms with Crippen LogP contribution in [0.1, 0.15) is 11.1 Å². The second kappa shape index (κ2) is 7.43. The molecule has 128 valence electrons. The van der Waals surface area contributed by atoms with E-state index in [4.69, 9.17) is 4.74 Å². The number of hydrogen-bond donors (Lipinski definition) is 0. The molecule has 0 amide bonds. The molecule has 1 nitrogen and oxygen atoms in total. The molecular weight excluding hydrogens is 325 g/mol. The number of hydrogen-bond acceptors (Lipinski definition) is 1. The van der Waals surface area contributed by atoms with Crippen molar-refractivity contribution in [3.8, 4) is 16.9 Å². The Bertz CT molecular complexity index is 873. The summed E-state index contributed by atoms with van der Waals surface area (Å²) in [7, 11) is 1.30. The summed E-state index contributed by atoms with van der Waals surface area (Å²) in [6, 6.07) is 16.7. The first-order valence-electron chi connectivity index (χ1n) is 7.94. The lowest BCUT2D eigenvalue weighted by Crippen LogP contribution is -1.95. The van der Waals surface area contributed by atoms with Gasteiger partial charge in [0.2, 0.25) is 5.82 Å². The van der Waals surface area contributed by atoms with Gasteiger partial charge in [-0.15, -0.1) is 0 Å². The summed E-state index contributed by atoms with van der Waals surface area (Å²) in [6.45, 7) is 0. The third kappa shape index (κ3) is 3.85. The van der Waals surface area contributed by atoms with E-state index in [9.17, 15) is 13.2 Å². The van der Waals surface area contributed by atoms with Gasteiger partial charge < -0.3 is 4.74 Å². The lowest BCUT2D eigenvalue weighted by atomic mass is 10.00. The Balaban J connectivity index is 1.75. The molecule has 0 radical (unpaired) electrons. The molecule has 3 rings (SSSR count). The predicted molar refractivity (Wildman–Crippen MR) is 92.2 cm³/mol. The van der Waals surface area contributed by atoms with Crippen LogP contribution in [0.4, 0.5) is 13.2 Å². The minimum atomic E-state index is -0.991. The van der Waals surface area contributed by atoms with E-state index in [-0.39, 0.29) is 17.1 Å². The van der Waals surface area contributed by atoms with Gasteiger partial charge in [-0.25, -0.2) is 8.78 Å². The molecule has 0 aliphatic rings. The number of methoxy groups -OCH3 is 1. The van der Waals surface area contributed by atoms with E-state index in [0.29, 0.717) is 12.0 Å². The van der Waals surface area contributed by atoms with Crippen molar-refractivity contribution in [3.63, 3.8) is 0 Å². The van der Waals surface area contributed by atoms with Crippen LogP contribution in [-0.4, -0.2) is 7.11 Å². The molecule has 0 spiro atoms. The van der Waals surface area contributed by atoms with Crippen molar-refractivity contribution >= 4 is 0 Å². The number of aryl methyl sites for hydroxylation is 2. The molecular formula is C21H17F3O. The molecule has 0 unspecified atom stereocenters. The molecule has 25 heavy (non-hydrogen) atoms. The van der Waals surface area contributed by atoms with Crippen LogP contribution in [0.15, 0.2) is 60.7 Å². The van der Waals surface area contributed by atoms with Crippen LogP contribution in [-0.2, 0) is 12.8 Å². The minimum Gasteiger partial charge on any atom is -0.494 e. The summed E-state index contributed by atoms with van der Waals surface area (Å²) < 4.78 is 45.9. The van der Waals surface area contributed by atoms with Crippen LogP contribution in [0.25, 0.3) is 11.1 Å². The van der Waals surface area contributed by atoms with Crippen LogP contribution in [0.3, 0.4) is 0 Å². The molecule has 0 aliphatic heterocycles. The molecule has 0 atom stereocenters. The summed E-state index contributed by atoms with van der Waals surface area (Å²) in [5.74, 6) is -2.28. The zero-order valence-electron chi connectivity index (χ0n) is 13.7. The zero-order valence-corrected chi connectivity index (χ0v) is 13.7. The second-order valence-corrected chi connectivity index (χ2v) is 5.77. The smallest absolute Gasteiger partial charge is 0.201 e. The van der Waals surface area contributed by atoms with Gasteiger partial charge in [-0.2, -0.15) is 4.39 Å². The highest BCUT2D eigenvalue weighted by Gasteiger charge is 2.15. The van der Waals surface area contributed by atoms with Gasteiger partial charge in [0.05, 0.1) is 7.11 Å². The summed E-state index contributed by atoms with van der Waals surface area (Å²) in [4.78, 5) is 0. The molecule has 3 aromatic rings. The lowest BCUT2D eigenvalue weighted by molar-refractivity contribution is 0.372. The fourth-order valence-electron chi connectivity index (χ4n) is 2.74. The predicted octanol–water partition coefficient (Wildman–Crippen LogP) is 5.56. The van der Waals surface area contributed by atoms with E-state index in [1.54, 1.807) is 18.2 Å². The molecule has 0 fully saturated rings. The van der Waals surface area contributed by atoms with Crippen molar-refractivity contribution in [1.82, 2.24) is 0 Å². The summed E-state index contributed by atoms with van der Waals surface area (Å²) in [6.07, 6.45) is 1.45. The van der Waals surface area contributed by atoms with Gasteiger partial charge in [-0.1, -0.05) is 36.4 Å². The molecule has 0 N–H and O–H groups in total. The van der Waals surface area contributed by atoms with E-state index < -0.39 is 11.6 Å². The zero-order chi connectivity index (χ0) is 17.8. The highest BCUT2D eigenvalue weighted by Crippen LogP contribution is 2.29. The Hall–Kier alpha value is -2.75. The summed E-state index contributed by atoms with van der Waals surface area (Å²) in [5, 5.41) is 0. The van der Waals surface area contributed by atoms with Crippen molar-refractivity contribution < 1.29 is 17.9 Å². The van der Waals surface area contributed by atoms with Gasteiger partial charge in [-0.3, -0.25) is 0 Å². The molecule has 4 heteroatoms. The van der Waals surface area contributed by atoms with Crippen molar-refractivity contribution in [2.24, 2.45) is 0 Å². The van der Waals surface area contributed by atoms with Crippen LogP contribution < -0.4 is 4.74 Å². The van der Waals surface area contributed by atoms with E-state index in [1.165, 1.54) is 31.4 Å². The van der Waals surface area contributed by atoms with Crippen molar-refractivity contribution in [2.75, 3.05) is 7.11 Å². The molecule has 3 aromatic carbocycles. The Morgan fingerprint density at radius 2 is 1.48 bits per heavy atom. The topological polar surface area (TPSA) is 9.23 Å². The maximum absolute atomic E-state index is 14.2. The maximum Gasteiger partial charge on any atom is 0.201 e. The average Bonchev–Trinajstić information content (AvgIpc) is 2.63. The third-order valence-corrected chi connectivity index (χ3v) is 4.12. The highest BCUT2D eigenvalue weighted by molar-refractivity contribution is 5.65. The van der Waals surface area contributed by atoms with Crippen molar-refractivity contribution in [2.45, 2.75) is 12.8 Å². The summed E-state index contributed by atoms with van der Waals surface area (Å²) >= 11 is 0. The van der Waals surface area contributed by atoms with Crippen molar-refractivity contribution in [3.05, 3.63) is 89.2 Å². The first-order chi connectivity index (χ1) is 12.1. The third-order valence-electron chi connectivity index (χ3n) is 4.12. The average molecular weight is 342 g/mol. The van der Waals surface area contributed by atoms with Gasteiger partial charge in [0.15, 0.2) is 11.6 Å². The number of benzene rings is 3. The Morgan fingerprint density at radius 3 is 2.16 bits per heavy atom. The lowest BCUT2D eigenvalue weighted by Gasteiger charge is -2.09. The maximum atomic E-state index is 14.2. The van der Waals surface area contributed by atoms with Gasteiger partial charge in [0.1, 0.15) is 5.82 Å². The van der Waals surface area contributed by atoms with Gasteiger partial charge in [0.25, 0.3) is 0 Å². The molecule has 0 saturated carbocycles. The molecule has 0 saturated heterocycles. The molecule has 0 aromatic heterocycles. The number of rotatable bonds is 5. The summed E-state index contributed by atoms with van der Waals surface area (Å²) in [5.41, 5.74) is 2.75. The van der Waals surface area contributed by atoms with Crippen LogP contribution in [0.5, 0.6) is 5.75 Å². The van der Waals surface area contributed by atoms with E-state index in [0.717, 1.165) is 17.5 Å². The molecule has 0 aliphatic carbocycles. The molecule has 0 bridgehead atoms. The fraction of sp³-hybridized carbons (Fsp3) is 0.143. The Morgan fingerprint density at radius 1 is 0.760 bits per heavy atom. The largest absolute Gasteiger partial charge is 0.494 e. The van der Waals surface area contributed by atoms with E-state index in [2.05, 4.69) is 0 Å². The van der Waals surface area contributed by atoms with Gasteiger partial charge >= 0.3 is 0 Å². The monoisotopic (exact) mass is 342 g/mol. The van der Waals surface area contributed by atoms with Crippen molar-refractivity contribution in [1.29, 1.82) is 0 Å². The first-order valence-corrected chi connectivity index (χ1v) is 7.94. The molecule has 0 heterocycles. The number of halogens is 3. The normalized spacial score (nSPS) is 10.7. The second-order valence-electron chi connectivity index (χ2n) is 5.77. The first kappa shape index (κ1) is 17.1. The minimum absolute atomic E-state index is 0.118. The van der Waals surface area contributed by atoms with Gasteiger partial charge in [0, 0.05) is 5.56 Å². The Kier molecular flexibility index (Phi) is 5.08. The standard InChI is InChI=1S/C21H17F3O/c1-25-19-12-11-18(20(23)21(19)24)16-9-7-14(8-10-16)5-6-15-3-2-4-17(22)13-15/h2-4,7-13H,5-6H2,1H3. The highest BCUT2D eigenvalue weighted by atomic mass is 19.2. The van der Waals surface area contributed by atoms with Crippen LogP contribution >= 0.6 is 0 Å². The Labute approximate surface area is 144 Å². The van der Waals surface area contributed by atoms with E-state index in [1.807, 2.05) is 18.2 Å². The quantitative estimate of drug-likeness (QED) is 0.589. The van der Waals surface area contributed by atoms with Crippen LogP contribution in [0, 0.1) is 17.5 Å². The SMILES string of the molecule is COc1ccc(-c2ccc(CCc3cccc(F)c3)cc2)c(F)c1F. The van der Waals surface area contributed by atoms with Crippen LogP contribution in [0.2, 0.25) is 0 Å². The number of ether oxygens (including phenoxy) is 1. The van der Waals surface area contributed by atoms with Gasteiger partial charge in [-0.05, 0) is 53.8 Å². The fourth-order valence-corrected chi connectivity index (χ4v) is 2.74.